The summed E-state index contributed by atoms with van der Waals surface area (Å²) in [5, 5.41) is 3.66. The molecule has 1 fully saturated rings. The molecule has 1 aromatic rings. The van der Waals surface area contributed by atoms with Crippen LogP contribution in [0.4, 0.5) is 0 Å². The van der Waals surface area contributed by atoms with Crippen LogP contribution in [0.3, 0.4) is 0 Å². The average molecular weight is 288 g/mol. The van der Waals surface area contributed by atoms with Crippen LogP contribution in [0.15, 0.2) is 24.3 Å². The molecule has 2 rings (SSSR count). The predicted molar refractivity (Wildman–Crippen MR) is 91.7 cm³/mol. The Bertz CT molecular complexity index is 448. The van der Waals surface area contributed by atoms with Crippen molar-refractivity contribution in [3.63, 3.8) is 0 Å². The zero-order valence-corrected chi connectivity index (χ0v) is 14.7. The molecule has 2 nitrogen and oxygen atoms in total. The van der Waals surface area contributed by atoms with E-state index < -0.39 is 0 Å². The van der Waals surface area contributed by atoms with Crippen LogP contribution in [-0.4, -0.2) is 30.6 Å². The number of nitrogens with one attached hydrogen (secondary N) is 1. The van der Waals surface area contributed by atoms with Crippen LogP contribution in [0, 0.1) is 5.41 Å². The highest BCUT2D eigenvalue weighted by atomic mass is 15.2. The van der Waals surface area contributed by atoms with Crippen LogP contribution in [0.2, 0.25) is 0 Å². The molecule has 1 aliphatic rings. The maximum absolute atomic E-state index is 3.66. The van der Waals surface area contributed by atoms with Crippen molar-refractivity contribution in [2.45, 2.75) is 59.5 Å². The Morgan fingerprint density at radius 2 is 1.67 bits per heavy atom. The molecule has 0 bridgehead atoms. The summed E-state index contributed by atoms with van der Waals surface area (Å²) in [4.78, 5) is 2.58. The van der Waals surface area contributed by atoms with Gasteiger partial charge in [-0.1, -0.05) is 65.8 Å². The Morgan fingerprint density at radius 1 is 1.05 bits per heavy atom. The normalized spacial score (nSPS) is 21.5. The van der Waals surface area contributed by atoms with E-state index in [1.165, 1.54) is 11.1 Å². The van der Waals surface area contributed by atoms with Gasteiger partial charge in [-0.15, -0.1) is 0 Å². The predicted octanol–water partition coefficient (Wildman–Crippen LogP) is 3.80. The van der Waals surface area contributed by atoms with Crippen molar-refractivity contribution in [1.29, 1.82) is 0 Å². The molecular formula is C19H32N2. The summed E-state index contributed by atoms with van der Waals surface area (Å²) in [5.41, 5.74) is 3.41. The van der Waals surface area contributed by atoms with Crippen molar-refractivity contribution in [3.8, 4) is 0 Å². The van der Waals surface area contributed by atoms with E-state index in [0.717, 1.165) is 26.2 Å². The molecule has 1 aromatic carbocycles. The standard InChI is InChI=1S/C19H32N2/c1-18(2,3)16-9-7-15(8-10-16)13-21-12-11-20-17(14-21)19(4,5)6/h7-10,17,20H,11-14H2,1-6H3. The number of nitrogens with zero attached hydrogens (tertiary/aromatic N) is 1. The van der Waals surface area contributed by atoms with Gasteiger partial charge in [0.15, 0.2) is 0 Å². The van der Waals surface area contributed by atoms with Crippen LogP contribution >= 0.6 is 0 Å². The molecule has 1 atom stereocenters. The van der Waals surface area contributed by atoms with E-state index in [0.29, 0.717) is 11.5 Å². The van der Waals surface area contributed by atoms with Gasteiger partial charge in [-0.05, 0) is 22.0 Å². The molecule has 0 aromatic heterocycles. The van der Waals surface area contributed by atoms with Crippen molar-refractivity contribution in [3.05, 3.63) is 35.4 Å². The van der Waals surface area contributed by atoms with Gasteiger partial charge >= 0.3 is 0 Å². The van der Waals surface area contributed by atoms with Crippen LogP contribution in [0.25, 0.3) is 0 Å². The van der Waals surface area contributed by atoms with E-state index in [9.17, 15) is 0 Å². The van der Waals surface area contributed by atoms with Gasteiger partial charge in [0.2, 0.25) is 0 Å². The summed E-state index contributed by atoms with van der Waals surface area (Å²) in [6, 6.07) is 9.76. The van der Waals surface area contributed by atoms with Gasteiger partial charge in [-0.3, -0.25) is 4.90 Å². The molecule has 0 amide bonds. The van der Waals surface area contributed by atoms with Crippen molar-refractivity contribution in [2.75, 3.05) is 19.6 Å². The third-order valence-electron chi connectivity index (χ3n) is 4.53. The lowest BCUT2D eigenvalue weighted by molar-refractivity contribution is 0.129. The second-order valence-electron chi connectivity index (χ2n) is 8.55. The first-order chi connectivity index (χ1) is 9.66. The van der Waals surface area contributed by atoms with E-state index in [1.807, 2.05) is 0 Å². The summed E-state index contributed by atoms with van der Waals surface area (Å²) in [6.07, 6.45) is 0. The van der Waals surface area contributed by atoms with Crippen LogP contribution in [0.5, 0.6) is 0 Å². The zero-order valence-electron chi connectivity index (χ0n) is 14.7. The fourth-order valence-corrected chi connectivity index (χ4v) is 2.90. The minimum Gasteiger partial charge on any atom is -0.311 e. The average Bonchev–Trinajstić information content (AvgIpc) is 2.37. The lowest BCUT2D eigenvalue weighted by Crippen LogP contribution is -2.55. The largest absolute Gasteiger partial charge is 0.311 e. The monoisotopic (exact) mass is 288 g/mol. The highest BCUT2D eigenvalue weighted by Gasteiger charge is 2.29. The summed E-state index contributed by atoms with van der Waals surface area (Å²) < 4.78 is 0. The molecule has 21 heavy (non-hydrogen) atoms. The number of hydrogen-bond donors (Lipinski definition) is 1. The van der Waals surface area contributed by atoms with Crippen molar-refractivity contribution < 1.29 is 0 Å². The SMILES string of the molecule is CC(C)(C)c1ccc(CN2CCNC(C(C)(C)C)C2)cc1. The Labute approximate surface area is 130 Å². The number of hydrogen-bond acceptors (Lipinski definition) is 2. The first kappa shape index (κ1) is 16.5. The quantitative estimate of drug-likeness (QED) is 0.890. The Morgan fingerprint density at radius 3 is 2.19 bits per heavy atom. The van der Waals surface area contributed by atoms with Gasteiger partial charge in [0.05, 0.1) is 0 Å². The van der Waals surface area contributed by atoms with E-state index in [4.69, 9.17) is 0 Å². The lowest BCUT2D eigenvalue weighted by atomic mass is 9.85. The highest BCUT2D eigenvalue weighted by Crippen LogP contribution is 2.24. The highest BCUT2D eigenvalue weighted by molar-refractivity contribution is 5.27. The molecule has 0 saturated carbocycles. The topological polar surface area (TPSA) is 15.3 Å². The molecule has 0 spiro atoms. The molecular weight excluding hydrogens is 256 g/mol. The van der Waals surface area contributed by atoms with Gasteiger partial charge < -0.3 is 5.32 Å². The van der Waals surface area contributed by atoms with Gasteiger partial charge in [-0.25, -0.2) is 0 Å². The van der Waals surface area contributed by atoms with Gasteiger partial charge in [0, 0.05) is 32.2 Å². The van der Waals surface area contributed by atoms with Crippen molar-refractivity contribution in [1.82, 2.24) is 10.2 Å². The molecule has 1 heterocycles. The van der Waals surface area contributed by atoms with Gasteiger partial charge in [0.1, 0.15) is 0 Å². The summed E-state index contributed by atoms with van der Waals surface area (Å²) >= 11 is 0. The molecule has 0 radical (unpaired) electrons. The van der Waals surface area contributed by atoms with E-state index in [-0.39, 0.29) is 5.41 Å². The number of benzene rings is 1. The maximum atomic E-state index is 3.66. The molecule has 118 valence electrons. The second kappa shape index (κ2) is 6.10. The minimum absolute atomic E-state index is 0.241. The summed E-state index contributed by atoms with van der Waals surface area (Å²) in [5.74, 6) is 0. The Hall–Kier alpha value is -0.860. The van der Waals surface area contributed by atoms with Gasteiger partial charge in [-0.2, -0.15) is 0 Å². The van der Waals surface area contributed by atoms with E-state index in [2.05, 4.69) is 76.0 Å². The van der Waals surface area contributed by atoms with E-state index in [1.54, 1.807) is 0 Å². The second-order valence-corrected chi connectivity index (χ2v) is 8.55. The fourth-order valence-electron chi connectivity index (χ4n) is 2.90. The Balaban J connectivity index is 1.98. The fraction of sp³-hybridized carbons (Fsp3) is 0.684. The third kappa shape index (κ3) is 4.55. The van der Waals surface area contributed by atoms with Crippen molar-refractivity contribution in [2.24, 2.45) is 5.41 Å². The zero-order chi connectivity index (χ0) is 15.7. The lowest BCUT2D eigenvalue weighted by Gasteiger charge is -2.40. The Kier molecular flexibility index (Phi) is 4.79. The molecule has 1 unspecified atom stereocenters. The molecule has 1 saturated heterocycles. The summed E-state index contributed by atoms with van der Waals surface area (Å²) in [6.45, 7) is 18.2. The van der Waals surface area contributed by atoms with Crippen molar-refractivity contribution >= 4 is 0 Å². The third-order valence-corrected chi connectivity index (χ3v) is 4.53. The molecule has 1 aliphatic heterocycles. The van der Waals surface area contributed by atoms with Crippen LogP contribution < -0.4 is 5.32 Å². The van der Waals surface area contributed by atoms with Gasteiger partial charge in [0.25, 0.3) is 0 Å². The first-order valence-electron chi connectivity index (χ1n) is 8.21. The molecule has 0 aliphatic carbocycles. The molecule has 1 N–H and O–H groups in total. The number of rotatable bonds is 2. The molecule has 2 heteroatoms. The minimum atomic E-state index is 0.241. The summed E-state index contributed by atoms with van der Waals surface area (Å²) in [7, 11) is 0. The van der Waals surface area contributed by atoms with E-state index >= 15 is 0 Å². The number of piperazine rings is 1. The van der Waals surface area contributed by atoms with Crippen LogP contribution in [0.1, 0.15) is 52.7 Å². The maximum Gasteiger partial charge on any atom is 0.0244 e. The first-order valence-corrected chi connectivity index (χ1v) is 8.21. The van der Waals surface area contributed by atoms with Crippen LogP contribution in [-0.2, 0) is 12.0 Å². The smallest absolute Gasteiger partial charge is 0.0244 e.